The summed E-state index contributed by atoms with van der Waals surface area (Å²) in [4.78, 5) is 24.3. The topological polar surface area (TPSA) is 67.4 Å². The van der Waals surface area contributed by atoms with Crippen LogP contribution in [0.25, 0.3) is 0 Å². The maximum atomic E-state index is 12.2. The van der Waals surface area contributed by atoms with Crippen LogP contribution < -0.4 is 15.4 Å². The predicted molar refractivity (Wildman–Crippen MR) is 96.3 cm³/mol. The Morgan fingerprint density at radius 1 is 1.20 bits per heavy atom. The molecule has 3 rings (SSSR count). The van der Waals surface area contributed by atoms with E-state index in [0.29, 0.717) is 25.8 Å². The van der Waals surface area contributed by atoms with Crippen LogP contribution in [0.3, 0.4) is 0 Å². The Kier molecular flexibility index (Phi) is 5.33. The molecule has 2 amide bonds. The first-order chi connectivity index (χ1) is 12.2. The third kappa shape index (κ3) is 4.18. The lowest BCUT2D eigenvalue weighted by molar-refractivity contribution is -0.122. The highest BCUT2D eigenvalue weighted by molar-refractivity contribution is 5.96. The molecule has 2 N–H and O–H groups in total. The highest BCUT2D eigenvalue weighted by Crippen LogP contribution is 2.27. The minimum absolute atomic E-state index is 0.00349. The average Bonchev–Trinajstić information content (AvgIpc) is 2.64. The number of benzene rings is 2. The van der Waals surface area contributed by atoms with Crippen molar-refractivity contribution in [2.45, 2.75) is 25.8 Å². The Labute approximate surface area is 147 Å². The number of amides is 2. The number of methoxy groups -OCH3 is 1. The summed E-state index contributed by atoms with van der Waals surface area (Å²) in [6, 6.07) is 15.4. The first kappa shape index (κ1) is 17.0. The van der Waals surface area contributed by atoms with E-state index < -0.39 is 0 Å². The molecule has 5 nitrogen and oxygen atoms in total. The number of hydrogen-bond donors (Lipinski definition) is 2. The highest BCUT2D eigenvalue weighted by Gasteiger charge is 2.26. The van der Waals surface area contributed by atoms with Gasteiger partial charge in [0.05, 0.1) is 7.11 Å². The first-order valence-corrected chi connectivity index (χ1v) is 8.44. The molecule has 1 aliphatic rings. The van der Waals surface area contributed by atoms with Crippen molar-refractivity contribution < 1.29 is 14.3 Å². The molecule has 2 aromatic carbocycles. The molecule has 130 valence electrons. The number of anilines is 1. The van der Waals surface area contributed by atoms with Crippen molar-refractivity contribution in [2.24, 2.45) is 5.92 Å². The zero-order valence-electron chi connectivity index (χ0n) is 14.2. The largest absolute Gasteiger partial charge is 0.496 e. The minimum Gasteiger partial charge on any atom is -0.496 e. The molecule has 5 heteroatoms. The van der Waals surface area contributed by atoms with Gasteiger partial charge in [0.1, 0.15) is 5.75 Å². The van der Waals surface area contributed by atoms with Gasteiger partial charge in [-0.3, -0.25) is 9.59 Å². The summed E-state index contributed by atoms with van der Waals surface area (Å²) in [5.74, 6) is 0.534. The van der Waals surface area contributed by atoms with Gasteiger partial charge < -0.3 is 15.4 Å². The lowest BCUT2D eigenvalue weighted by Gasteiger charge is -2.24. The van der Waals surface area contributed by atoms with Crippen LogP contribution in [-0.4, -0.2) is 18.9 Å². The van der Waals surface area contributed by atoms with Gasteiger partial charge in [0.15, 0.2) is 0 Å². The van der Waals surface area contributed by atoms with Crippen LogP contribution in [0.5, 0.6) is 5.75 Å². The first-order valence-electron chi connectivity index (χ1n) is 8.44. The summed E-state index contributed by atoms with van der Waals surface area (Å²) < 4.78 is 5.28. The number of nitrogens with one attached hydrogen (secondary N) is 2. The molecule has 0 aliphatic carbocycles. The zero-order valence-corrected chi connectivity index (χ0v) is 14.2. The van der Waals surface area contributed by atoms with Gasteiger partial charge in [-0.2, -0.15) is 0 Å². The van der Waals surface area contributed by atoms with E-state index in [4.69, 9.17) is 4.74 Å². The molecule has 25 heavy (non-hydrogen) atoms. The van der Waals surface area contributed by atoms with Crippen molar-refractivity contribution in [1.82, 2.24) is 5.32 Å². The van der Waals surface area contributed by atoms with Crippen LogP contribution in [0.2, 0.25) is 0 Å². The van der Waals surface area contributed by atoms with E-state index in [0.717, 1.165) is 22.6 Å². The van der Waals surface area contributed by atoms with Crippen molar-refractivity contribution >= 4 is 17.5 Å². The fraction of sp³-hybridized carbons (Fsp3) is 0.300. The second-order valence-corrected chi connectivity index (χ2v) is 6.17. The molecule has 0 unspecified atom stereocenters. The minimum atomic E-state index is -0.160. The second kappa shape index (κ2) is 7.83. The fourth-order valence-corrected chi connectivity index (χ4v) is 3.08. The second-order valence-electron chi connectivity index (χ2n) is 6.17. The van der Waals surface area contributed by atoms with Gasteiger partial charge in [-0.05, 0) is 30.5 Å². The van der Waals surface area contributed by atoms with Gasteiger partial charge in [-0.25, -0.2) is 0 Å². The summed E-state index contributed by atoms with van der Waals surface area (Å²) in [6.45, 7) is 0.419. The Hall–Kier alpha value is -2.82. The number of rotatable bonds is 6. The summed E-state index contributed by atoms with van der Waals surface area (Å²) in [5.41, 5.74) is 2.94. The van der Waals surface area contributed by atoms with Crippen LogP contribution in [0.4, 0.5) is 5.69 Å². The maximum Gasteiger partial charge on any atom is 0.227 e. The van der Waals surface area contributed by atoms with E-state index in [1.165, 1.54) is 0 Å². The molecule has 0 fully saturated rings. The van der Waals surface area contributed by atoms with Crippen LogP contribution in [0.1, 0.15) is 24.0 Å². The smallest absolute Gasteiger partial charge is 0.227 e. The van der Waals surface area contributed by atoms with E-state index in [2.05, 4.69) is 10.6 Å². The molecule has 0 aromatic heterocycles. The number of carbonyl (C=O) groups excluding carboxylic acids is 2. The third-order valence-corrected chi connectivity index (χ3v) is 4.50. The third-order valence-electron chi connectivity index (χ3n) is 4.50. The summed E-state index contributed by atoms with van der Waals surface area (Å²) in [5, 5.41) is 5.82. The van der Waals surface area contributed by atoms with Crippen LogP contribution >= 0.6 is 0 Å². The monoisotopic (exact) mass is 338 g/mol. The summed E-state index contributed by atoms with van der Waals surface area (Å²) >= 11 is 0. The quantitative estimate of drug-likeness (QED) is 0.851. The van der Waals surface area contributed by atoms with Gasteiger partial charge in [0.25, 0.3) is 0 Å². The molecule has 1 aliphatic heterocycles. The molecule has 0 radical (unpaired) electrons. The summed E-state index contributed by atoms with van der Waals surface area (Å²) in [6.07, 6.45) is 1.55. The molecule has 2 aromatic rings. The average molecular weight is 338 g/mol. The molecule has 0 saturated heterocycles. The summed E-state index contributed by atoms with van der Waals surface area (Å²) in [7, 11) is 1.61. The number of hydrogen-bond acceptors (Lipinski definition) is 3. The van der Waals surface area contributed by atoms with Gasteiger partial charge in [0, 0.05) is 30.1 Å². The van der Waals surface area contributed by atoms with Gasteiger partial charge in [-0.15, -0.1) is 0 Å². The van der Waals surface area contributed by atoms with Crippen molar-refractivity contribution in [3.05, 3.63) is 59.7 Å². The highest BCUT2D eigenvalue weighted by atomic mass is 16.5. The van der Waals surface area contributed by atoms with Crippen molar-refractivity contribution in [3.8, 4) is 5.75 Å². The van der Waals surface area contributed by atoms with Gasteiger partial charge >= 0.3 is 0 Å². The zero-order chi connectivity index (χ0) is 17.6. The van der Waals surface area contributed by atoms with E-state index in [1.54, 1.807) is 7.11 Å². The van der Waals surface area contributed by atoms with Gasteiger partial charge in [0.2, 0.25) is 11.8 Å². The van der Waals surface area contributed by atoms with E-state index in [-0.39, 0.29) is 17.7 Å². The molecular formula is C20H22N2O3. The fourth-order valence-electron chi connectivity index (χ4n) is 3.08. The molecule has 1 atom stereocenters. The Balaban J connectivity index is 1.50. The van der Waals surface area contributed by atoms with Crippen molar-refractivity contribution in [3.63, 3.8) is 0 Å². The lowest BCUT2D eigenvalue weighted by Crippen LogP contribution is -2.31. The van der Waals surface area contributed by atoms with Crippen LogP contribution in [-0.2, 0) is 22.6 Å². The normalized spacial score (nSPS) is 15.9. The van der Waals surface area contributed by atoms with Crippen LogP contribution in [0.15, 0.2) is 48.5 Å². The number of fused-ring (bicyclic) bond motifs is 1. The lowest BCUT2D eigenvalue weighted by atomic mass is 9.89. The maximum absolute atomic E-state index is 12.2. The molecule has 0 bridgehead atoms. The Morgan fingerprint density at radius 2 is 1.96 bits per heavy atom. The number of carbonyl (C=O) groups is 2. The van der Waals surface area contributed by atoms with Gasteiger partial charge in [-0.1, -0.05) is 36.4 Å². The SMILES string of the molecule is COc1ccccc1CNC(=O)CC[C@H]1Cc2ccccc2NC1=O. The molecule has 0 spiro atoms. The number of para-hydroxylation sites is 2. The number of ether oxygens (including phenoxy) is 1. The standard InChI is InChI=1S/C20H22N2O3/c1-25-18-9-5-3-7-16(18)13-21-19(23)11-10-15-12-14-6-2-4-8-17(14)22-20(15)24/h2-9,15H,10-13H2,1H3,(H,21,23)(H,22,24)/t15-/m0/s1. The van der Waals surface area contributed by atoms with E-state index >= 15 is 0 Å². The Bertz CT molecular complexity index is 773. The van der Waals surface area contributed by atoms with Crippen molar-refractivity contribution in [2.75, 3.05) is 12.4 Å². The van der Waals surface area contributed by atoms with E-state index in [1.807, 2.05) is 48.5 Å². The molecular weight excluding hydrogens is 316 g/mol. The molecule has 1 heterocycles. The Morgan fingerprint density at radius 3 is 2.80 bits per heavy atom. The molecule has 0 saturated carbocycles. The van der Waals surface area contributed by atoms with Crippen molar-refractivity contribution in [1.29, 1.82) is 0 Å². The van der Waals surface area contributed by atoms with E-state index in [9.17, 15) is 9.59 Å². The predicted octanol–water partition coefficient (Wildman–Crippen LogP) is 2.90. The van der Waals surface area contributed by atoms with Crippen LogP contribution in [0, 0.1) is 5.92 Å².